The lowest BCUT2D eigenvalue weighted by Crippen LogP contribution is -2.43. The largest absolute Gasteiger partial charge is 0.478 e. The molecule has 1 N–H and O–H groups in total. The van der Waals surface area contributed by atoms with Crippen molar-refractivity contribution in [2.24, 2.45) is 0 Å². The first-order chi connectivity index (χ1) is 12.2. The predicted molar refractivity (Wildman–Crippen MR) is 94.7 cm³/mol. The van der Waals surface area contributed by atoms with Gasteiger partial charge < -0.3 is 15.0 Å². The molecule has 130 valence electrons. The van der Waals surface area contributed by atoms with E-state index in [0.29, 0.717) is 5.88 Å². The van der Waals surface area contributed by atoms with E-state index in [1.807, 2.05) is 18.2 Å². The second-order valence-electron chi connectivity index (χ2n) is 6.74. The molecule has 0 bridgehead atoms. The van der Waals surface area contributed by atoms with Gasteiger partial charge in [0.1, 0.15) is 0 Å². The molecule has 0 radical (unpaired) electrons. The Kier molecular flexibility index (Phi) is 4.03. The molecule has 1 amide bonds. The molecule has 6 heteroatoms. The highest BCUT2D eigenvalue weighted by Gasteiger charge is 2.51. The van der Waals surface area contributed by atoms with E-state index in [1.54, 1.807) is 19.5 Å². The number of hydrogen-bond acceptors (Lipinski definition) is 5. The van der Waals surface area contributed by atoms with Gasteiger partial charge in [-0.25, -0.2) is 9.97 Å². The SMILES string of the molecule is COc1nccnc1N1CCC(NC(=O)C2(c3ccccc3)CC2)C1. The minimum Gasteiger partial charge on any atom is -0.478 e. The number of hydrogen-bond donors (Lipinski definition) is 1. The summed E-state index contributed by atoms with van der Waals surface area (Å²) in [4.78, 5) is 23.6. The van der Waals surface area contributed by atoms with E-state index in [2.05, 4.69) is 32.3 Å². The van der Waals surface area contributed by atoms with E-state index >= 15 is 0 Å². The molecule has 1 atom stereocenters. The number of nitrogens with zero attached hydrogens (tertiary/aromatic N) is 3. The molecule has 25 heavy (non-hydrogen) atoms. The number of benzene rings is 1. The zero-order chi connectivity index (χ0) is 17.3. The van der Waals surface area contributed by atoms with Crippen LogP contribution in [0.1, 0.15) is 24.8 Å². The average Bonchev–Trinajstić information content (AvgIpc) is 3.36. The van der Waals surface area contributed by atoms with Crippen LogP contribution in [0.15, 0.2) is 42.7 Å². The van der Waals surface area contributed by atoms with Gasteiger partial charge in [0.25, 0.3) is 5.88 Å². The summed E-state index contributed by atoms with van der Waals surface area (Å²) < 4.78 is 5.29. The van der Waals surface area contributed by atoms with Crippen LogP contribution in [0.4, 0.5) is 5.82 Å². The average molecular weight is 338 g/mol. The van der Waals surface area contributed by atoms with Crippen molar-refractivity contribution in [2.75, 3.05) is 25.1 Å². The maximum absolute atomic E-state index is 12.9. The van der Waals surface area contributed by atoms with E-state index in [-0.39, 0.29) is 17.4 Å². The molecule has 2 aliphatic rings. The van der Waals surface area contributed by atoms with Gasteiger partial charge in [-0.15, -0.1) is 0 Å². The number of carbonyl (C=O) groups is 1. The van der Waals surface area contributed by atoms with Crippen molar-refractivity contribution in [3.8, 4) is 5.88 Å². The van der Waals surface area contributed by atoms with Crippen molar-refractivity contribution in [3.05, 3.63) is 48.3 Å². The third kappa shape index (κ3) is 2.92. The smallest absolute Gasteiger partial charge is 0.257 e. The van der Waals surface area contributed by atoms with E-state index in [1.165, 1.54) is 0 Å². The number of ether oxygens (including phenoxy) is 1. The Bertz CT molecular complexity index is 761. The summed E-state index contributed by atoms with van der Waals surface area (Å²) in [6.07, 6.45) is 6.04. The van der Waals surface area contributed by atoms with E-state index in [0.717, 1.165) is 43.7 Å². The van der Waals surface area contributed by atoms with Crippen LogP contribution in [0.3, 0.4) is 0 Å². The van der Waals surface area contributed by atoms with Gasteiger partial charge in [0.2, 0.25) is 5.91 Å². The van der Waals surface area contributed by atoms with Gasteiger partial charge in [0, 0.05) is 31.5 Å². The second kappa shape index (κ2) is 6.35. The predicted octanol–water partition coefficient (Wildman–Crippen LogP) is 1.91. The maximum Gasteiger partial charge on any atom is 0.257 e. The zero-order valence-corrected chi connectivity index (χ0v) is 14.3. The van der Waals surface area contributed by atoms with Crippen molar-refractivity contribution in [2.45, 2.75) is 30.7 Å². The molecule has 2 heterocycles. The molecule has 2 fully saturated rings. The molecular formula is C19H22N4O2. The lowest BCUT2D eigenvalue weighted by atomic mass is 9.94. The molecule has 0 spiro atoms. The molecule has 1 aliphatic carbocycles. The van der Waals surface area contributed by atoms with Gasteiger partial charge in [0.05, 0.1) is 12.5 Å². The number of aromatic nitrogens is 2. The molecule has 1 saturated carbocycles. The van der Waals surface area contributed by atoms with Crippen molar-refractivity contribution in [3.63, 3.8) is 0 Å². The van der Waals surface area contributed by atoms with Crippen molar-refractivity contribution in [1.82, 2.24) is 15.3 Å². The van der Waals surface area contributed by atoms with Gasteiger partial charge in [0.15, 0.2) is 5.82 Å². The van der Waals surface area contributed by atoms with Gasteiger partial charge in [-0.1, -0.05) is 30.3 Å². The standard InChI is InChI=1S/C19H22N4O2/c1-25-17-16(20-10-11-21-17)23-12-7-15(13-23)22-18(24)19(8-9-19)14-5-3-2-4-6-14/h2-6,10-11,15H,7-9,12-13H2,1H3,(H,22,24). The third-order valence-corrected chi connectivity index (χ3v) is 5.17. The van der Waals surface area contributed by atoms with Crippen molar-refractivity contribution >= 4 is 11.7 Å². The minimum atomic E-state index is -0.321. The van der Waals surface area contributed by atoms with Crippen LogP contribution < -0.4 is 15.0 Å². The van der Waals surface area contributed by atoms with Gasteiger partial charge in [-0.05, 0) is 24.8 Å². The lowest BCUT2D eigenvalue weighted by Gasteiger charge is -2.21. The first kappa shape index (κ1) is 15.9. The Hall–Kier alpha value is -2.63. The van der Waals surface area contributed by atoms with Crippen molar-refractivity contribution < 1.29 is 9.53 Å². The van der Waals surface area contributed by atoms with Crippen LogP contribution in [0, 0.1) is 0 Å². The molecule has 1 aliphatic heterocycles. The molecule has 1 aromatic heterocycles. The fraction of sp³-hybridized carbons (Fsp3) is 0.421. The summed E-state index contributed by atoms with van der Waals surface area (Å²) in [5.41, 5.74) is 0.803. The highest BCUT2D eigenvalue weighted by atomic mass is 16.5. The van der Waals surface area contributed by atoms with Crippen LogP contribution >= 0.6 is 0 Å². The first-order valence-electron chi connectivity index (χ1n) is 8.69. The zero-order valence-electron chi connectivity index (χ0n) is 14.3. The number of nitrogens with one attached hydrogen (secondary N) is 1. The minimum absolute atomic E-state index is 0.125. The Morgan fingerprint density at radius 3 is 2.72 bits per heavy atom. The van der Waals surface area contributed by atoms with Crippen LogP contribution in [0.5, 0.6) is 5.88 Å². The molecule has 1 unspecified atom stereocenters. The molecule has 1 saturated heterocycles. The highest BCUT2D eigenvalue weighted by Crippen LogP contribution is 2.48. The topological polar surface area (TPSA) is 67.4 Å². The number of amides is 1. The summed E-state index contributed by atoms with van der Waals surface area (Å²) in [5, 5.41) is 3.25. The Labute approximate surface area is 147 Å². The van der Waals surface area contributed by atoms with Crippen LogP contribution in [-0.4, -0.2) is 42.1 Å². The highest BCUT2D eigenvalue weighted by molar-refractivity contribution is 5.91. The quantitative estimate of drug-likeness (QED) is 0.902. The van der Waals surface area contributed by atoms with Gasteiger partial charge in [-0.3, -0.25) is 4.79 Å². The molecular weight excluding hydrogens is 316 g/mol. The summed E-state index contributed by atoms with van der Waals surface area (Å²) in [7, 11) is 1.60. The molecule has 1 aromatic carbocycles. The van der Waals surface area contributed by atoms with E-state index < -0.39 is 0 Å². The Balaban J connectivity index is 1.42. The summed E-state index contributed by atoms with van der Waals surface area (Å²) >= 11 is 0. The van der Waals surface area contributed by atoms with Crippen LogP contribution in [0.2, 0.25) is 0 Å². The fourth-order valence-electron chi connectivity index (χ4n) is 3.60. The number of carbonyl (C=O) groups excluding carboxylic acids is 1. The summed E-state index contributed by atoms with van der Waals surface area (Å²) in [6, 6.07) is 10.2. The van der Waals surface area contributed by atoms with E-state index in [9.17, 15) is 4.79 Å². The third-order valence-electron chi connectivity index (χ3n) is 5.17. The van der Waals surface area contributed by atoms with Gasteiger partial charge >= 0.3 is 0 Å². The number of rotatable bonds is 5. The molecule has 4 rings (SSSR count). The Morgan fingerprint density at radius 2 is 2.00 bits per heavy atom. The number of methoxy groups -OCH3 is 1. The van der Waals surface area contributed by atoms with Gasteiger partial charge in [-0.2, -0.15) is 0 Å². The second-order valence-corrected chi connectivity index (χ2v) is 6.74. The van der Waals surface area contributed by atoms with Crippen molar-refractivity contribution in [1.29, 1.82) is 0 Å². The molecule has 2 aromatic rings. The maximum atomic E-state index is 12.9. The first-order valence-corrected chi connectivity index (χ1v) is 8.69. The monoisotopic (exact) mass is 338 g/mol. The fourth-order valence-corrected chi connectivity index (χ4v) is 3.60. The lowest BCUT2D eigenvalue weighted by molar-refractivity contribution is -0.124. The van der Waals surface area contributed by atoms with Crippen LogP contribution in [0.25, 0.3) is 0 Å². The molecule has 6 nitrogen and oxygen atoms in total. The summed E-state index contributed by atoms with van der Waals surface area (Å²) in [6.45, 7) is 1.56. The number of anilines is 1. The normalized spacial score (nSPS) is 21.0. The summed E-state index contributed by atoms with van der Waals surface area (Å²) in [5.74, 6) is 1.42. The van der Waals surface area contributed by atoms with Crippen LogP contribution in [-0.2, 0) is 10.2 Å². The Morgan fingerprint density at radius 1 is 1.24 bits per heavy atom. The van der Waals surface area contributed by atoms with E-state index in [4.69, 9.17) is 4.74 Å².